The summed E-state index contributed by atoms with van der Waals surface area (Å²) in [5.74, 6) is -0.245. The Morgan fingerprint density at radius 2 is 1.76 bits per heavy atom. The van der Waals surface area contributed by atoms with Crippen molar-refractivity contribution in [2.75, 3.05) is 31.1 Å². The summed E-state index contributed by atoms with van der Waals surface area (Å²) in [7, 11) is 0. The Hall–Kier alpha value is -2.94. The number of halogens is 3. The third-order valence-corrected chi connectivity index (χ3v) is 6.35. The summed E-state index contributed by atoms with van der Waals surface area (Å²) in [6, 6.07) is 11.5. The van der Waals surface area contributed by atoms with Crippen LogP contribution in [0.3, 0.4) is 0 Å². The van der Waals surface area contributed by atoms with E-state index >= 15 is 0 Å². The number of piperidine rings is 1. The molecule has 176 valence electrons. The van der Waals surface area contributed by atoms with Crippen LogP contribution in [0.2, 0.25) is 0 Å². The fourth-order valence-corrected chi connectivity index (χ4v) is 4.30. The summed E-state index contributed by atoms with van der Waals surface area (Å²) in [5, 5.41) is 3.13. The van der Waals surface area contributed by atoms with Gasteiger partial charge in [-0.3, -0.25) is 19.5 Å². The van der Waals surface area contributed by atoms with Gasteiger partial charge in [0, 0.05) is 44.5 Å². The van der Waals surface area contributed by atoms with E-state index in [1.807, 2.05) is 30.3 Å². The Labute approximate surface area is 190 Å². The molecule has 4 rings (SSSR count). The van der Waals surface area contributed by atoms with Gasteiger partial charge in [-0.15, -0.1) is 0 Å². The molecule has 33 heavy (non-hydrogen) atoms. The number of likely N-dealkylation sites (tertiary alicyclic amines) is 1. The predicted molar refractivity (Wildman–Crippen MR) is 118 cm³/mol. The molecule has 0 atom stereocenters. The highest BCUT2D eigenvalue weighted by Crippen LogP contribution is 2.33. The second kappa shape index (κ2) is 9.91. The molecule has 2 aromatic rings. The van der Waals surface area contributed by atoms with E-state index in [1.54, 1.807) is 23.4 Å². The largest absolute Gasteiger partial charge is 0.389 e. The van der Waals surface area contributed by atoms with E-state index in [2.05, 4.69) is 10.3 Å². The first-order valence-corrected chi connectivity index (χ1v) is 11.2. The molecule has 0 unspecified atom stereocenters. The number of aromatic nitrogens is 1. The van der Waals surface area contributed by atoms with Gasteiger partial charge in [-0.25, -0.2) is 0 Å². The molecule has 0 saturated carbocycles. The van der Waals surface area contributed by atoms with E-state index in [9.17, 15) is 22.8 Å². The van der Waals surface area contributed by atoms with Crippen LogP contribution in [-0.4, -0.2) is 54.1 Å². The third-order valence-electron chi connectivity index (χ3n) is 6.35. The Balaban J connectivity index is 1.40. The van der Waals surface area contributed by atoms with Crippen LogP contribution >= 0.6 is 0 Å². The Morgan fingerprint density at radius 3 is 2.30 bits per heavy atom. The van der Waals surface area contributed by atoms with Crippen molar-refractivity contribution < 1.29 is 22.8 Å². The van der Waals surface area contributed by atoms with E-state index in [0.717, 1.165) is 11.3 Å². The minimum absolute atomic E-state index is 0.0279. The lowest BCUT2D eigenvalue weighted by Crippen LogP contribution is -2.51. The number of pyridine rings is 1. The van der Waals surface area contributed by atoms with Crippen molar-refractivity contribution in [2.45, 2.75) is 37.8 Å². The molecule has 0 spiro atoms. The van der Waals surface area contributed by atoms with Gasteiger partial charge in [0.05, 0.1) is 24.2 Å². The summed E-state index contributed by atoms with van der Waals surface area (Å²) >= 11 is 0. The number of hydrogen-bond donors (Lipinski definition) is 1. The van der Waals surface area contributed by atoms with Crippen molar-refractivity contribution in [1.82, 2.24) is 15.2 Å². The molecule has 2 saturated heterocycles. The number of carbonyl (C=O) groups is 2. The van der Waals surface area contributed by atoms with E-state index in [1.165, 1.54) is 4.90 Å². The van der Waals surface area contributed by atoms with Crippen molar-refractivity contribution >= 4 is 23.2 Å². The summed E-state index contributed by atoms with van der Waals surface area (Å²) in [5.41, 5.74) is 2.58. The molecule has 3 heterocycles. The molecule has 2 aliphatic rings. The average Bonchev–Trinajstić information content (AvgIpc) is 2.77. The molecule has 6 nitrogen and oxygen atoms in total. The van der Waals surface area contributed by atoms with Crippen LogP contribution in [-0.2, 0) is 9.59 Å². The van der Waals surface area contributed by atoms with Gasteiger partial charge in [-0.2, -0.15) is 13.2 Å². The first-order valence-electron chi connectivity index (χ1n) is 11.2. The number of anilines is 2. The molecule has 9 heteroatoms. The third kappa shape index (κ3) is 5.71. The van der Waals surface area contributed by atoms with Crippen LogP contribution in [0.25, 0.3) is 0 Å². The number of nitrogens with zero attached hydrogens (tertiary/aromatic N) is 3. The van der Waals surface area contributed by atoms with Crippen molar-refractivity contribution in [2.24, 2.45) is 5.92 Å². The molecule has 2 fully saturated rings. The van der Waals surface area contributed by atoms with E-state index in [0.29, 0.717) is 44.7 Å². The van der Waals surface area contributed by atoms with Gasteiger partial charge in [-0.05, 0) is 48.6 Å². The Kier molecular flexibility index (Phi) is 6.97. The van der Waals surface area contributed by atoms with Crippen molar-refractivity contribution in [3.05, 3.63) is 54.4 Å². The maximum Gasteiger partial charge on any atom is 0.389 e. The molecule has 1 N–H and O–H groups in total. The zero-order valence-corrected chi connectivity index (χ0v) is 18.2. The van der Waals surface area contributed by atoms with Crippen molar-refractivity contribution in [1.29, 1.82) is 0 Å². The van der Waals surface area contributed by atoms with Crippen LogP contribution in [0.15, 0.2) is 48.8 Å². The smallest absolute Gasteiger partial charge is 0.343 e. The average molecular weight is 461 g/mol. The van der Waals surface area contributed by atoms with E-state index in [4.69, 9.17) is 0 Å². The number of hydrogen-bond acceptors (Lipinski definition) is 4. The first-order chi connectivity index (χ1) is 15.8. The van der Waals surface area contributed by atoms with Crippen LogP contribution < -0.4 is 10.2 Å². The maximum absolute atomic E-state index is 13.1. The highest BCUT2D eigenvalue weighted by atomic mass is 19.4. The zero-order valence-electron chi connectivity index (χ0n) is 18.2. The van der Waals surface area contributed by atoms with Gasteiger partial charge in [0.25, 0.3) is 0 Å². The van der Waals surface area contributed by atoms with E-state index < -0.39 is 24.9 Å². The highest BCUT2D eigenvalue weighted by Gasteiger charge is 2.32. The number of rotatable bonds is 6. The lowest BCUT2D eigenvalue weighted by Gasteiger charge is -2.33. The van der Waals surface area contributed by atoms with Gasteiger partial charge in [0.1, 0.15) is 0 Å². The van der Waals surface area contributed by atoms with Crippen LogP contribution in [0.1, 0.15) is 37.2 Å². The lowest BCUT2D eigenvalue weighted by molar-refractivity contribution is -0.149. The minimum Gasteiger partial charge on any atom is -0.343 e. The molecule has 0 aliphatic carbocycles. The molecule has 1 aromatic heterocycles. The quantitative estimate of drug-likeness (QED) is 0.708. The topological polar surface area (TPSA) is 65.5 Å². The molecule has 1 aromatic carbocycles. The maximum atomic E-state index is 13.1. The fraction of sp³-hybridized carbons (Fsp3) is 0.458. The number of amides is 2. The number of alkyl halides is 3. The number of nitrogens with one attached hydrogen (secondary N) is 1. The van der Waals surface area contributed by atoms with Crippen LogP contribution in [0.5, 0.6) is 0 Å². The first kappa shape index (κ1) is 23.2. The van der Waals surface area contributed by atoms with E-state index in [-0.39, 0.29) is 17.7 Å². The molecule has 0 radical (unpaired) electrons. The summed E-state index contributed by atoms with van der Waals surface area (Å²) in [4.78, 5) is 32.5. The highest BCUT2D eigenvalue weighted by molar-refractivity contribution is 6.02. The molecule has 0 bridgehead atoms. The van der Waals surface area contributed by atoms with Crippen LogP contribution in [0.4, 0.5) is 24.5 Å². The van der Waals surface area contributed by atoms with Gasteiger partial charge >= 0.3 is 6.18 Å². The summed E-state index contributed by atoms with van der Waals surface area (Å²) in [6.45, 7) is 2.23. The fourth-order valence-electron chi connectivity index (χ4n) is 4.30. The minimum atomic E-state index is -4.31. The van der Waals surface area contributed by atoms with Gasteiger partial charge in [0.2, 0.25) is 11.8 Å². The zero-order chi connectivity index (χ0) is 23.4. The van der Waals surface area contributed by atoms with Gasteiger partial charge in [0.15, 0.2) is 0 Å². The second-order valence-electron chi connectivity index (χ2n) is 8.60. The van der Waals surface area contributed by atoms with Crippen molar-refractivity contribution in [3.8, 4) is 0 Å². The number of carbonyl (C=O) groups excluding carboxylic acids is 2. The van der Waals surface area contributed by atoms with Crippen molar-refractivity contribution in [3.63, 3.8) is 0 Å². The summed E-state index contributed by atoms with van der Waals surface area (Å²) < 4.78 is 37.1. The second-order valence-corrected chi connectivity index (χ2v) is 8.60. The normalized spacial score (nSPS) is 17.5. The molecule has 2 aliphatic heterocycles. The molecule has 2 amide bonds. The predicted octanol–water partition coefficient (Wildman–Crippen LogP) is 4.01. The van der Waals surface area contributed by atoms with Gasteiger partial charge in [-0.1, -0.05) is 12.1 Å². The lowest BCUT2D eigenvalue weighted by atomic mass is 9.89. The van der Waals surface area contributed by atoms with Crippen LogP contribution in [0, 0.1) is 5.92 Å². The number of benzene rings is 1. The SMILES string of the molecule is O=C(CCC(F)(F)F)N1CCC(c2ccc(N(C(=O)C3CNC3)c3cccnc3)cc2)CC1. The molecular weight excluding hydrogens is 433 g/mol. The monoisotopic (exact) mass is 460 g/mol. The molecular formula is C24H27F3N4O2. The standard InChI is InChI=1S/C24H27F3N4O2/c25-24(26,27)10-7-22(32)30-12-8-18(9-13-30)17-3-5-20(6-4-17)31(21-2-1-11-28-16-21)23(33)19-14-29-15-19/h1-6,11,16,18-19,29H,7-10,12-15H2. The Morgan fingerprint density at radius 1 is 1.06 bits per heavy atom. The Bertz CT molecular complexity index is 954. The van der Waals surface area contributed by atoms with Gasteiger partial charge < -0.3 is 10.2 Å². The summed E-state index contributed by atoms with van der Waals surface area (Å²) in [6.07, 6.45) is -1.13.